The number of carbonyl (C=O) groups is 2. The van der Waals surface area contributed by atoms with Gasteiger partial charge in [-0.3, -0.25) is 9.59 Å². The molecule has 7 nitrogen and oxygen atoms in total. The molecular weight excluding hydrogens is 488 g/mol. The minimum absolute atomic E-state index is 0.119. The van der Waals surface area contributed by atoms with Crippen molar-refractivity contribution in [3.8, 4) is 17.2 Å². The fraction of sp³-hybridized carbons (Fsp3) is 0.379. The van der Waals surface area contributed by atoms with Gasteiger partial charge in [0.05, 0.1) is 13.5 Å². The van der Waals surface area contributed by atoms with Gasteiger partial charge in [0.1, 0.15) is 11.8 Å². The zero-order valence-electron chi connectivity index (χ0n) is 21.0. The predicted molar refractivity (Wildman–Crippen MR) is 142 cm³/mol. The fourth-order valence-electron chi connectivity index (χ4n) is 5.03. The van der Waals surface area contributed by atoms with Crippen molar-refractivity contribution in [1.29, 1.82) is 0 Å². The Bertz CT molecular complexity index is 1220. The molecule has 1 saturated carbocycles. The van der Waals surface area contributed by atoms with Crippen LogP contribution in [0.15, 0.2) is 60.0 Å². The maximum atomic E-state index is 13.9. The van der Waals surface area contributed by atoms with Gasteiger partial charge in [0.25, 0.3) is 0 Å². The quantitative estimate of drug-likeness (QED) is 0.417. The summed E-state index contributed by atoms with van der Waals surface area (Å²) in [6.07, 6.45) is 5.55. The van der Waals surface area contributed by atoms with Crippen molar-refractivity contribution in [2.75, 3.05) is 13.9 Å². The molecule has 0 spiro atoms. The van der Waals surface area contributed by atoms with E-state index in [4.69, 9.17) is 14.2 Å². The average molecular weight is 521 g/mol. The van der Waals surface area contributed by atoms with Crippen LogP contribution in [-0.4, -0.2) is 36.7 Å². The monoisotopic (exact) mass is 520 g/mol. The Balaban J connectivity index is 1.51. The van der Waals surface area contributed by atoms with E-state index >= 15 is 0 Å². The van der Waals surface area contributed by atoms with Gasteiger partial charge in [-0.2, -0.15) is 0 Å². The van der Waals surface area contributed by atoms with Gasteiger partial charge in [0.15, 0.2) is 11.5 Å². The van der Waals surface area contributed by atoms with Crippen molar-refractivity contribution in [2.45, 2.75) is 57.2 Å². The first-order valence-electron chi connectivity index (χ1n) is 12.8. The molecule has 2 amide bonds. The fourth-order valence-corrected chi connectivity index (χ4v) is 5.73. The molecule has 3 aromatic rings. The molecule has 1 unspecified atom stereocenters. The van der Waals surface area contributed by atoms with Crippen molar-refractivity contribution >= 4 is 23.2 Å². The number of hydrogen-bond acceptors (Lipinski definition) is 6. The van der Waals surface area contributed by atoms with E-state index in [1.165, 1.54) is 17.8 Å². The lowest BCUT2D eigenvalue weighted by molar-refractivity contribution is -0.141. The Hall–Kier alpha value is -3.52. The topological polar surface area (TPSA) is 77.1 Å². The molecule has 1 fully saturated rings. The highest BCUT2D eigenvalue weighted by Crippen LogP contribution is 2.34. The van der Waals surface area contributed by atoms with Crippen LogP contribution in [0.25, 0.3) is 0 Å². The van der Waals surface area contributed by atoms with E-state index in [0.717, 1.165) is 36.1 Å². The van der Waals surface area contributed by atoms with E-state index in [1.807, 2.05) is 60.0 Å². The molecule has 0 bridgehead atoms. The van der Waals surface area contributed by atoms with Crippen molar-refractivity contribution in [1.82, 2.24) is 10.2 Å². The molecule has 5 rings (SSSR count). The molecule has 1 N–H and O–H groups in total. The van der Waals surface area contributed by atoms with E-state index in [1.54, 1.807) is 12.0 Å². The lowest BCUT2D eigenvalue weighted by atomic mass is 9.94. The number of fused-ring (bicyclic) bond motifs is 1. The number of thiophene rings is 1. The first kappa shape index (κ1) is 25.1. The number of nitrogens with zero attached hydrogens (tertiary/aromatic N) is 1. The van der Waals surface area contributed by atoms with E-state index < -0.39 is 6.04 Å². The van der Waals surface area contributed by atoms with Crippen LogP contribution in [0.1, 0.15) is 54.1 Å². The zero-order chi connectivity index (χ0) is 25.6. The molecule has 1 aliphatic heterocycles. The Morgan fingerprint density at radius 3 is 2.68 bits per heavy atom. The third kappa shape index (κ3) is 6.07. The highest BCUT2D eigenvalue weighted by atomic mass is 32.1. The van der Waals surface area contributed by atoms with E-state index in [0.29, 0.717) is 22.8 Å². The Labute approximate surface area is 221 Å². The van der Waals surface area contributed by atoms with Gasteiger partial charge in [-0.1, -0.05) is 43.5 Å². The summed E-state index contributed by atoms with van der Waals surface area (Å²) in [5.41, 5.74) is 1.58. The highest BCUT2D eigenvalue weighted by Gasteiger charge is 2.33. The number of hydrogen-bond donors (Lipinski definition) is 1. The van der Waals surface area contributed by atoms with Crippen LogP contribution in [0.2, 0.25) is 0 Å². The summed E-state index contributed by atoms with van der Waals surface area (Å²) in [6.45, 7) is 0.427. The standard InChI is InChI=1S/C29H32N2O5S/c1-34-23-10-5-7-21(16-23)28(29(33)30-22-8-3-2-4-9-22)31(27(32)17-24-11-6-14-37-24)18-20-12-13-25-26(15-20)36-19-35-25/h5-7,10-16,22,28H,2-4,8-9,17-19H2,1H3,(H,30,33). The highest BCUT2D eigenvalue weighted by molar-refractivity contribution is 7.10. The second kappa shape index (κ2) is 11.7. The van der Waals surface area contributed by atoms with Crippen LogP contribution in [0, 0.1) is 0 Å². The van der Waals surface area contributed by atoms with Crippen molar-refractivity contribution < 1.29 is 23.8 Å². The van der Waals surface area contributed by atoms with E-state index in [-0.39, 0.29) is 37.6 Å². The minimum atomic E-state index is -0.810. The summed E-state index contributed by atoms with van der Waals surface area (Å²) in [5.74, 6) is 1.68. The molecule has 194 valence electrons. The van der Waals surface area contributed by atoms with Gasteiger partial charge in [-0.05, 0) is 59.7 Å². The van der Waals surface area contributed by atoms with Crippen LogP contribution >= 0.6 is 11.3 Å². The summed E-state index contributed by atoms with van der Waals surface area (Å²) >= 11 is 1.54. The molecule has 2 aliphatic rings. The normalized spacial score (nSPS) is 15.7. The van der Waals surface area contributed by atoms with Gasteiger partial charge in [0.2, 0.25) is 18.6 Å². The van der Waals surface area contributed by atoms with Crippen LogP contribution in [-0.2, 0) is 22.6 Å². The summed E-state index contributed by atoms with van der Waals surface area (Å²) < 4.78 is 16.5. The van der Waals surface area contributed by atoms with Gasteiger partial charge < -0.3 is 24.4 Å². The molecule has 2 heterocycles. The summed E-state index contributed by atoms with van der Waals surface area (Å²) in [5, 5.41) is 5.22. The Morgan fingerprint density at radius 2 is 1.89 bits per heavy atom. The molecule has 1 aliphatic carbocycles. The number of rotatable bonds is 9. The third-order valence-electron chi connectivity index (χ3n) is 6.94. The zero-order valence-corrected chi connectivity index (χ0v) is 21.8. The SMILES string of the molecule is COc1cccc(C(C(=O)NC2CCCCC2)N(Cc2ccc3c(c2)OCO3)C(=O)Cc2cccs2)c1. The second-order valence-corrected chi connectivity index (χ2v) is 10.5. The Kier molecular flexibility index (Phi) is 7.94. The average Bonchev–Trinajstić information content (AvgIpc) is 3.61. The number of amides is 2. The molecule has 37 heavy (non-hydrogen) atoms. The van der Waals surface area contributed by atoms with Crippen molar-refractivity contribution in [3.63, 3.8) is 0 Å². The van der Waals surface area contributed by atoms with Crippen LogP contribution in [0.5, 0.6) is 17.2 Å². The van der Waals surface area contributed by atoms with Gasteiger partial charge in [0, 0.05) is 17.5 Å². The summed E-state index contributed by atoms with van der Waals surface area (Å²) in [4.78, 5) is 30.5. The first-order valence-corrected chi connectivity index (χ1v) is 13.6. The number of ether oxygens (including phenoxy) is 3. The smallest absolute Gasteiger partial charge is 0.247 e. The molecule has 0 radical (unpaired) electrons. The lowest BCUT2D eigenvalue weighted by Crippen LogP contribution is -2.47. The van der Waals surface area contributed by atoms with Crippen LogP contribution < -0.4 is 19.5 Å². The number of benzene rings is 2. The van der Waals surface area contributed by atoms with Gasteiger partial charge >= 0.3 is 0 Å². The molecular formula is C29H32N2O5S. The molecule has 1 atom stereocenters. The largest absolute Gasteiger partial charge is 0.497 e. The second-order valence-electron chi connectivity index (χ2n) is 9.49. The number of methoxy groups -OCH3 is 1. The Morgan fingerprint density at radius 1 is 1.05 bits per heavy atom. The molecule has 0 saturated heterocycles. The molecule has 8 heteroatoms. The lowest BCUT2D eigenvalue weighted by Gasteiger charge is -2.33. The maximum Gasteiger partial charge on any atom is 0.247 e. The third-order valence-corrected chi connectivity index (χ3v) is 7.81. The maximum absolute atomic E-state index is 13.9. The molecule has 2 aromatic carbocycles. The number of carbonyl (C=O) groups excluding carboxylic acids is 2. The van der Waals surface area contributed by atoms with Gasteiger partial charge in [-0.25, -0.2) is 0 Å². The minimum Gasteiger partial charge on any atom is -0.497 e. The predicted octanol–water partition coefficient (Wildman–Crippen LogP) is 5.25. The van der Waals surface area contributed by atoms with Crippen molar-refractivity contribution in [2.24, 2.45) is 0 Å². The van der Waals surface area contributed by atoms with Gasteiger partial charge in [-0.15, -0.1) is 11.3 Å². The van der Waals surface area contributed by atoms with Crippen LogP contribution in [0.4, 0.5) is 0 Å². The van der Waals surface area contributed by atoms with E-state index in [9.17, 15) is 9.59 Å². The molecule has 1 aromatic heterocycles. The summed E-state index contributed by atoms with van der Waals surface area (Å²) in [7, 11) is 1.60. The van der Waals surface area contributed by atoms with E-state index in [2.05, 4.69) is 5.32 Å². The number of nitrogens with one attached hydrogen (secondary N) is 1. The van der Waals surface area contributed by atoms with Crippen LogP contribution in [0.3, 0.4) is 0 Å². The summed E-state index contributed by atoms with van der Waals surface area (Å²) in [6, 6.07) is 16.3. The van der Waals surface area contributed by atoms with Crippen molar-refractivity contribution in [3.05, 3.63) is 76.0 Å². The first-order chi connectivity index (χ1) is 18.1.